The SMILES string of the molecule is COc1cc(C)c(C(=S=O)S(=O)(=O)c2ccccc2)c(C)c1C(C)C. The Hall–Kier alpha value is -1.92. The molecule has 0 N–H and O–H groups in total. The van der Waals surface area contributed by atoms with Gasteiger partial charge in [-0.2, -0.15) is 0 Å². The Morgan fingerprint density at radius 1 is 1.12 bits per heavy atom. The van der Waals surface area contributed by atoms with Crippen molar-refractivity contribution >= 4 is 25.3 Å². The van der Waals surface area contributed by atoms with Crippen LogP contribution in [0.4, 0.5) is 0 Å². The maximum atomic E-state index is 13.0. The van der Waals surface area contributed by atoms with E-state index in [-0.39, 0.29) is 26.3 Å². The molecule has 0 aliphatic carbocycles. The van der Waals surface area contributed by atoms with Gasteiger partial charge in [0, 0.05) is 11.1 Å². The van der Waals surface area contributed by atoms with Crippen molar-refractivity contribution < 1.29 is 17.4 Å². The summed E-state index contributed by atoms with van der Waals surface area (Å²) < 4.78 is 43.2. The van der Waals surface area contributed by atoms with Gasteiger partial charge < -0.3 is 4.74 Å². The number of sulfone groups is 1. The van der Waals surface area contributed by atoms with Crippen molar-refractivity contribution in [2.45, 2.75) is 38.5 Å². The third-order valence-electron chi connectivity index (χ3n) is 4.16. The van der Waals surface area contributed by atoms with Gasteiger partial charge in [-0.25, -0.2) is 12.6 Å². The molecule has 25 heavy (non-hydrogen) atoms. The van der Waals surface area contributed by atoms with Gasteiger partial charge in [0.25, 0.3) is 0 Å². The molecule has 0 fully saturated rings. The van der Waals surface area contributed by atoms with E-state index >= 15 is 0 Å². The van der Waals surface area contributed by atoms with Crippen LogP contribution in [0, 0.1) is 13.8 Å². The number of hydrogen-bond donors (Lipinski definition) is 0. The lowest BCUT2D eigenvalue weighted by Gasteiger charge is -2.20. The summed E-state index contributed by atoms with van der Waals surface area (Å²) >= 11 is 0.0249. The molecule has 0 saturated heterocycles. The monoisotopic (exact) mass is 378 g/mol. The van der Waals surface area contributed by atoms with E-state index in [1.165, 1.54) is 12.1 Å². The molecule has 0 atom stereocenters. The van der Waals surface area contributed by atoms with Crippen LogP contribution in [-0.2, 0) is 21.1 Å². The first-order chi connectivity index (χ1) is 11.8. The van der Waals surface area contributed by atoms with Gasteiger partial charge in [0.1, 0.15) is 17.0 Å². The van der Waals surface area contributed by atoms with Crippen molar-refractivity contribution in [2.24, 2.45) is 0 Å². The molecule has 2 rings (SSSR count). The predicted octanol–water partition coefficient (Wildman–Crippen LogP) is 3.60. The summed E-state index contributed by atoms with van der Waals surface area (Å²) in [6.45, 7) is 7.67. The molecule has 0 unspecified atom stereocenters. The fraction of sp³-hybridized carbons (Fsp3) is 0.316. The van der Waals surface area contributed by atoms with Crippen molar-refractivity contribution in [3.05, 3.63) is 58.7 Å². The lowest BCUT2D eigenvalue weighted by molar-refractivity contribution is 0.406. The van der Waals surface area contributed by atoms with Gasteiger partial charge in [0.15, 0.2) is 4.20 Å². The third kappa shape index (κ3) is 3.55. The Labute approximate surface area is 152 Å². The fourth-order valence-electron chi connectivity index (χ4n) is 3.09. The highest BCUT2D eigenvalue weighted by Gasteiger charge is 2.29. The molecule has 2 aromatic rings. The normalized spacial score (nSPS) is 11.4. The average molecular weight is 379 g/mol. The molecule has 0 radical (unpaired) electrons. The first kappa shape index (κ1) is 19.4. The molecular formula is C19H22O4S2. The molecule has 0 heterocycles. The van der Waals surface area contributed by atoms with E-state index in [0.717, 1.165) is 11.1 Å². The van der Waals surface area contributed by atoms with Crippen molar-refractivity contribution in [1.29, 1.82) is 0 Å². The molecule has 0 bridgehead atoms. The van der Waals surface area contributed by atoms with Gasteiger partial charge in [-0.3, -0.25) is 0 Å². The Bertz CT molecular complexity index is 939. The second-order valence-electron chi connectivity index (χ2n) is 6.15. The molecule has 4 nitrogen and oxygen atoms in total. The van der Waals surface area contributed by atoms with E-state index in [4.69, 9.17) is 4.74 Å². The number of rotatable bonds is 4. The summed E-state index contributed by atoms with van der Waals surface area (Å²) in [5.74, 6) is 0.840. The smallest absolute Gasteiger partial charge is 0.219 e. The Morgan fingerprint density at radius 3 is 2.20 bits per heavy atom. The number of methoxy groups -OCH3 is 1. The predicted molar refractivity (Wildman–Crippen MR) is 102 cm³/mol. The lowest BCUT2D eigenvalue weighted by Crippen LogP contribution is -2.20. The molecule has 0 saturated carbocycles. The van der Waals surface area contributed by atoms with Crippen molar-refractivity contribution in [3.8, 4) is 5.75 Å². The summed E-state index contributed by atoms with van der Waals surface area (Å²) in [6, 6.07) is 9.84. The molecule has 0 amide bonds. The highest BCUT2D eigenvalue weighted by Crippen LogP contribution is 2.35. The standard InChI is InChI=1S/C19H22O4S2/c1-12(2)17-14(4)18(13(3)11-16(17)23-5)19(24-20)25(21,22)15-9-7-6-8-10-15/h6-12H,1-5H3. The summed E-state index contributed by atoms with van der Waals surface area (Å²) in [5.41, 5.74) is 2.87. The van der Waals surface area contributed by atoms with Crippen LogP contribution >= 0.6 is 0 Å². The van der Waals surface area contributed by atoms with E-state index < -0.39 is 9.84 Å². The Balaban J connectivity index is 2.80. The zero-order chi connectivity index (χ0) is 18.8. The van der Waals surface area contributed by atoms with Crippen LogP contribution in [0.25, 0.3) is 0 Å². The van der Waals surface area contributed by atoms with Gasteiger partial charge in [-0.05, 0) is 49.1 Å². The van der Waals surface area contributed by atoms with Crippen LogP contribution in [0.1, 0.15) is 42.0 Å². The Kier molecular flexibility index (Phi) is 5.85. The highest BCUT2D eigenvalue weighted by atomic mass is 32.2. The van der Waals surface area contributed by atoms with Crippen LogP contribution in [-0.4, -0.2) is 23.9 Å². The Morgan fingerprint density at radius 2 is 1.72 bits per heavy atom. The molecule has 134 valence electrons. The molecular weight excluding hydrogens is 356 g/mol. The van der Waals surface area contributed by atoms with Crippen molar-refractivity contribution in [3.63, 3.8) is 0 Å². The van der Waals surface area contributed by atoms with E-state index in [1.54, 1.807) is 38.3 Å². The second kappa shape index (κ2) is 7.54. The average Bonchev–Trinajstić information content (AvgIpc) is 2.57. The zero-order valence-corrected chi connectivity index (χ0v) is 16.6. The quantitative estimate of drug-likeness (QED) is 0.763. The van der Waals surface area contributed by atoms with Gasteiger partial charge in [0.05, 0.1) is 12.0 Å². The minimum Gasteiger partial charge on any atom is -0.496 e. The van der Waals surface area contributed by atoms with Crippen LogP contribution in [0.3, 0.4) is 0 Å². The summed E-state index contributed by atoms with van der Waals surface area (Å²) in [4.78, 5) is 0.120. The van der Waals surface area contributed by atoms with E-state index in [1.807, 2.05) is 20.8 Å². The molecule has 0 aliphatic heterocycles. The molecule has 0 aliphatic rings. The molecule has 0 spiro atoms. The molecule has 0 aromatic heterocycles. The zero-order valence-electron chi connectivity index (χ0n) is 15.0. The van der Waals surface area contributed by atoms with Gasteiger partial charge >= 0.3 is 0 Å². The summed E-state index contributed by atoms with van der Waals surface area (Å²) in [5, 5.41) is 0. The van der Waals surface area contributed by atoms with E-state index in [9.17, 15) is 12.6 Å². The fourth-order valence-corrected chi connectivity index (χ4v) is 5.45. The summed E-state index contributed by atoms with van der Waals surface area (Å²) in [6.07, 6.45) is 0. The largest absolute Gasteiger partial charge is 0.496 e. The second-order valence-corrected chi connectivity index (χ2v) is 8.87. The van der Waals surface area contributed by atoms with Gasteiger partial charge in [0.2, 0.25) is 9.84 Å². The van der Waals surface area contributed by atoms with Crippen LogP contribution in [0.5, 0.6) is 5.75 Å². The number of hydrogen-bond acceptors (Lipinski definition) is 4. The van der Waals surface area contributed by atoms with E-state index in [0.29, 0.717) is 16.9 Å². The maximum absolute atomic E-state index is 13.0. The van der Waals surface area contributed by atoms with E-state index in [2.05, 4.69) is 0 Å². The topological polar surface area (TPSA) is 60.4 Å². The van der Waals surface area contributed by atoms with Crippen LogP contribution in [0.15, 0.2) is 41.3 Å². The van der Waals surface area contributed by atoms with Crippen LogP contribution < -0.4 is 4.74 Å². The number of aryl methyl sites for hydroxylation is 1. The van der Waals surface area contributed by atoms with Crippen molar-refractivity contribution in [1.82, 2.24) is 0 Å². The molecule has 2 aromatic carbocycles. The highest BCUT2D eigenvalue weighted by molar-refractivity contribution is 8.15. The van der Waals surface area contributed by atoms with Crippen LogP contribution in [0.2, 0.25) is 0 Å². The van der Waals surface area contributed by atoms with Crippen molar-refractivity contribution in [2.75, 3.05) is 7.11 Å². The summed E-state index contributed by atoms with van der Waals surface area (Å²) in [7, 11) is -2.29. The first-order valence-corrected chi connectivity index (χ1v) is 10.1. The first-order valence-electron chi connectivity index (χ1n) is 7.91. The molecule has 6 heteroatoms. The number of ether oxygens (including phenoxy) is 1. The number of benzene rings is 2. The van der Waals surface area contributed by atoms with Gasteiger partial charge in [-0.1, -0.05) is 32.0 Å². The lowest BCUT2D eigenvalue weighted by atomic mass is 9.91. The minimum atomic E-state index is -3.88. The minimum absolute atomic E-state index is 0.0249. The third-order valence-corrected chi connectivity index (χ3v) is 6.96. The maximum Gasteiger partial charge on any atom is 0.219 e. The van der Waals surface area contributed by atoms with Gasteiger partial charge in [-0.15, -0.1) is 0 Å².